The van der Waals surface area contributed by atoms with Gasteiger partial charge >= 0.3 is 0 Å². The van der Waals surface area contributed by atoms with Gasteiger partial charge in [0.05, 0.1) is 48.6 Å². The standard InChI is InChI=1S/C39H42N8O8/c1-45(21-31-33(53-3)16-23(17-34(31)54-4)30-22-46(2)37(50)29-20-42-13-10-26(29)30)14-5-12-41-19-24(44-40)11-15-55-25-6-7-27-28(18-25)39(52)47(38(27)51)32-8-9-35(48)43-36(32)49/h6-7,10,13,16-20,22,32H,5,8-9,11-12,14-15,21,40H2,1-4H3,(H,43,48,49)/b41-19?,44-24-. The minimum absolute atomic E-state index is 0.0450. The van der Waals surface area contributed by atoms with E-state index in [2.05, 4.69) is 25.3 Å². The van der Waals surface area contributed by atoms with Crippen LogP contribution < -0.4 is 30.9 Å². The Morgan fingerprint density at radius 1 is 1.02 bits per heavy atom. The number of hydrogen-bond donors (Lipinski definition) is 2. The van der Waals surface area contributed by atoms with E-state index < -0.39 is 29.7 Å². The number of fused-ring (bicyclic) bond motifs is 2. The van der Waals surface area contributed by atoms with Crippen molar-refractivity contribution in [2.24, 2.45) is 23.0 Å². The van der Waals surface area contributed by atoms with Gasteiger partial charge in [0, 0.05) is 63.3 Å². The summed E-state index contributed by atoms with van der Waals surface area (Å²) in [7, 11) is 6.96. The monoisotopic (exact) mass is 750 g/mol. The van der Waals surface area contributed by atoms with Gasteiger partial charge in [0.1, 0.15) is 23.3 Å². The van der Waals surface area contributed by atoms with Gasteiger partial charge in [0.25, 0.3) is 17.4 Å². The van der Waals surface area contributed by atoms with Gasteiger partial charge in [-0.15, -0.1) is 0 Å². The lowest BCUT2D eigenvalue weighted by molar-refractivity contribution is -0.136. The molecule has 3 N–H and O–H groups in total. The van der Waals surface area contributed by atoms with Crippen LogP contribution in [0.25, 0.3) is 21.9 Å². The molecule has 1 saturated heterocycles. The van der Waals surface area contributed by atoms with Gasteiger partial charge in [-0.3, -0.25) is 44.2 Å². The molecule has 1 unspecified atom stereocenters. The molecule has 0 bridgehead atoms. The van der Waals surface area contributed by atoms with E-state index in [1.165, 1.54) is 12.1 Å². The Hall–Kier alpha value is -6.42. The van der Waals surface area contributed by atoms with E-state index in [0.717, 1.165) is 39.9 Å². The summed E-state index contributed by atoms with van der Waals surface area (Å²) in [5, 5.41) is 7.32. The zero-order valence-corrected chi connectivity index (χ0v) is 31.0. The van der Waals surface area contributed by atoms with Crippen LogP contribution in [0.2, 0.25) is 0 Å². The molecule has 0 aliphatic carbocycles. The molecule has 16 nitrogen and oxygen atoms in total. The first kappa shape index (κ1) is 38.3. The number of aromatic nitrogens is 2. The van der Waals surface area contributed by atoms with Crippen molar-refractivity contribution >= 4 is 46.3 Å². The number of aliphatic imine (C=N–C) groups is 1. The summed E-state index contributed by atoms with van der Waals surface area (Å²) in [5.41, 5.74) is 3.29. The Labute approximate surface area is 316 Å². The topological polar surface area (TPSA) is 200 Å². The molecule has 55 heavy (non-hydrogen) atoms. The Morgan fingerprint density at radius 2 is 1.76 bits per heavy atom. The third kappa shape index (κ3) is 8.08. The quantitative estimate of drug-likeness (QED) is 0.0595. The predicted molar refractivity (Wildman–Crippen MR) is 205 cm³/mol. The van der Waals surface area contributed by atoms with Crippen LogP contribution in [0.4, 0.5) is 0 Å². The molecule has 6 rings (SSSR count). The van der Waals surface area contributed by atoms with E-state index >= 15 is 0 Å². The van der Waals surface area contributed by atoms with Gasteiger partial charge in [-0.25, -0.2) is 0 Å². The Kier molecular flexibility index (Phi) is 11.6. The molecule has 1 fully saturated rings. The number of aryl methyl sites for hydroxylation is 1. The smallest absolute Gasteiger partial charge is 0.262 e. The van der Waals surface area contributed by atoms with Crippen LogP contribution in [0.3, 0.4) is 0 Å². The van der Waals surface area contributed by atoms with Crippen molar-refractivity contribution in [3.63, 3.8) is 0 Å². The number of benzene rings is 2. The second-order valence-electron chi connectivity index (χ2n) is 13.2. The molecule has 2 aliphatic heterocycles. The van der Waals surface area contributed by atoms with Crippen LogP contribution in [0.1, 0.15) is 52.0 Å². The van der Waals surface area contributed by atoms with Crippen molar-refractivity contribution in [3.8, 4) is 28.4 Å². The third-order valence-electron chi connectivity index (χ3n) is 9.60. The van der Waals surface area contributed by atoms with Gasteiger partial charge in [0.2, 0.25) is 11.8 Å². The zero-order valence-electron chi connectivity index (χ0n) is 31.0. The maximum Gasteiger partial charge on any atom is 0.262 e. The van der Waals surface area contributed by atoms with Crippen molar-refractivity contribution in [1.82, 2.24) is 24.7 Å². The number of pyridine rings is 2. The lowest BCUT2D eigenvalue weighted by Crippen LogP contribution is -2.54. The van der Waals surface area contributed by atoms with Crippen molar-refractivity contribution in [2.75, 3.05) is 41.0 Å². The first-order valence-corrected chi connectivity index (χ1v) is 17.7. The molecular weight excluding hydrogens is 708 g/mol. The molecule has 4 aromatic rings. The number of hydrazone groups is 1. The van der Waals surface area contributed by atoms with E-state index in [0.29, 0.717) is 47.9 Å². The number of carbonyl (C=O) groups excluding carboxylic acids is 4. The molecule has 4 heterocycles. The lowest BCUT2D eigenvalue weighted by atomic mass is 9.99. The molecule has 1 atom stereocenters. The molecule has 16 heteroatoms. The fraction of sp³-hybridized carbons (Fsp3) is 0.333. The largest absolute Gasteiger partial charge is 0.496 e. The summed E-state index contributed by atoms with van der Waals surface area (Å²) in [6, 6.07) is 9.24. The van der Waals surface area contributed by atoms with E-state index in [1.54, 1.807) is 50.5 Å². The van der Waals surface area contributed by atoms with E-state index in [-0.39, 0.29) is 36.1 Å². The predicted octanol–water partition coefficient (Wildman–Crippen LogP) is 2.70. The summed E-state index contributed by atoms with van der Waals surface area (Å²) >= 11 is 0. The Morgan fingerprint density at radius 3 is 2.47 bits per heavy atom. The zero-order chi connectivity index (χ0) is 39.2. The summed E-state index contributed by atoms with van der Waals surface area (Å²) in [6.07, 6.45) is 7.88. The summed E-state index contributed by atoms with van der Waals surface area (Å²) in [5.74, 6) is 5.01. The number of nitrogens with two attached hydrogens (primary N) is 1. The fourth-order valence-corrected chi connectivity index (χ4v) is 6.76. The number of ether oxygens (including phenoxy) is 3. The van der Waals surface area contributed by atoms with Crippen LogP contribution in [0, 0.1) is 0 Å². The van der Waals surface area contributed by atoms with E-state index in [4.69, 9.17) is 20.1 Å². The summed E-state index contributed by atoms with van der Waals surface area (Å²) < 4.78 is 19.0. The molecular formula is C39H42N8O8. The highest BCUT2D eigenvalue weighted by Gasteiger charge is 2.44. The number of amides is 4. The number of nitrogens with one attached hydrogen (secondary N) is 1. The molecule has 2 aliphatic rings. The Balaban J connectivity index is 0.997. The molecule has 0 radical (unpaired) electrons. The average molecular weight is 751 g/mol. The first-order chi connectivity index (χ1) is 26.5. The average Bonchev–Trinajstić information content (AvgIpc) is 3.43. The van der Waals surface area contributed by atoms with Gasteiger partial charge in [0.15, 0.2) is 0 Å². The van der Waals surface area contributed by atoms with E-state index in [1.807, 2.05) is 31.4 Å². The Bertz CT molecular complexity index is 2260. The molecule has 0 spiro atoms. The maximum atomic E-state index is 13.1. The van der Waals surface area contributed by atoms with E-state index in [9.17, 15) is 24.0 Å². The highest BCUT2D eigenvalue weighted by Crippen LogP contribution is 2.38. The van der Waals surface area contributed by atoms with Crippen LogP contribution in [0.15, 0.2) is 69.9 Å². The van der Waals surface area contributed by atoms with Gasteiger partial charge in [-0.1, -0.05) is 0 Å². The molecule has 286 valence electrons. The number of nitrogens with zero attached hydrogens (tertiary/aromatic N) is 6. The number of rotatable bonds is 15. The molecule has 2 aromatic carbocycles. The number of piperidine rings is 1. The minimum atomic E-state index is -1.04. The van der Waals surface area contributed by atoms with Gasteiger partial charge in [-0.05, 0) is 73.8 Å². The summed E-state index contributed by atoms with van der Waals surface area (Å²) in [4.78, 5) is 74.3. The lowest BCUT2D eigenvalue weighted by Gasteiger charge is -2.27. The fourth-order valence-electron chi connectivity index (χ4n) is 6.76. The van der Waals surface area contributed by atoms with Crippen molar-refractivity contribution < 1.29 is 33.4 Å². The maximum absolute atomic E-state index is 13.1. The van der Waals surface area contributed by atoms with Crippen LogP contribution in [-0.4, -0.2) is 102 Å². The number of carbonyl (C=O) groups is 4. The highest BCUT2D eigenvalue weighted by atomic mass is 16.5. The van der Waals surface area contributed by atoms with Crippen LogP contribution in [-0.2, 0) is 23.2 Å². The first-order valence-electron chi connectivity index (χ1n) is 17.7. The molecule has 4 amide bonds. The molecule has 2 aromatic heterocycles. The molecule has 0 saturated carbocycles. The normalized spacial score (nSPS) is 16.0. The third-order valence-corrected chi connectivity index (χ3v) is 9.60. The van der Waals surface area contributed by atoms with Crippen LogP contribution >= 0.6 is 0 Å². The van der Waals surface area contributed by atoms with Crippen molar-refractivity contribution in [3.05, 3.63) is 82.0 Å². The minimum Gasteiger partial charge on any atom is -0.496 e. The number of methoxy groups -OCH3 is 2. The number of imide groups is 2. The number of hydrogen-bond acceptors (Lipinski definition) is 13. The second kappa shape index (κ2) is 16.7. The summed E-state index contributed by atoms with van der Waals surface area (Å²) in [6.45, 7) is 1.98. The van der Waals surface area contributed by atoms with Crippen LogP contribution in [0.5, 0.6) is 17.2 Å². The second-order valence-corrected chi connectivity index (χ2v) is 13.2. The van der Waals surface area contributed by atoms with Crippen molar-refractivity contribution in [1.29, 1.82) is 0 Å². The van der Waals surface area contributed by atoms with Gasteiger partial charge in [-0.2, -0.15) is 5.10 Å². The van der Waals surface area contributed by atoms with Gasteiger partial charge < -0.3 is 29.5 Å². The SMILES string of the molecule is COc1cc(-c2cn(C)c(=O)c3cnccc23)cc(OC)c1CN(C)CCCN=C/C(CCOc1ccc2c(c1)C(=O)N(C1CCC(=O)NC1=O)C2=O)=N\N. The van der Waals surface area contributed by atoms with Crippen molar-refractivity contribution in [2.45, 2.75) is 38.3 Å². The highest BCUT2D eigenvalue weighted by molar-refractivity contribution is 6.30.